The van der Waals surface area contributed by atoms with Crippen molar-refractivity contribution < 1.29 is 59.9 Å². The van der Waals surface area contributed by atoms with Gasteiger partial charge in [0, 0.05) is 40.2 Å². The Labute approximate surface area is 594 Å². The quantitative estimate of drug-likeness (QED) is 0.0501. The van der Waals surface area contributed by atoms with Crippen molar-refractivity contribution in [3.8, 4) is 23.0 Å². The maximum absolute atomic E-state index is 11.5. The van der Waals surface area contributed by atoms with Gasteiger partial charge in [0.05, 0.1) is 79.1 Å². The second kappa shape index (κ2) is 35.6. The lowest BCUT2D eigenvalue weighted by Gasteiger charge is -2.32. The fourth-order valence-corrected chi connectivity index (χ4v) is 15.5. The Morgan fingerprint density at radius 1 is 0.515 bits per heavy atom. The minimum atomic E-state index is -2.99. The van der Waals surface area contributed by atoms with Crippen LogP contribution in [0.25, 0.3) is 11.1 Å². The molecule has 0 amide bonds. The zero-order valence-corrected chi connectivity index (χ0v) is 58.5. The summed E-state index contributed by atoms with van der Waals surface area (Å²) in [7, 11) is -5.93. The van der Waals surface area contributed by atoms with E-state index in [0.29, 0.717) is 60.0 Å². The number of hydrogen-bond acceptors (Lipinski definition) is 19. The van der Waals surface area contributed by atoms with Crippen LogP contribution in [0.15, 0.2) is 76.7 Å². The summed E-state index contributed by atoms with van der Waals surface area (Å²) < 4.78 is 81.7. The molecule has 0 spiro atoms. The van der Waals surface area contributed by atoms with Gasteiger partial charge in [-0.3, -0.25) is 30.3 Å². The van der Waals surface area contributed by atoms with Crippen LogP contribution in [0, 0.1) is 58.0 Å². The number of anilines is 1. The van der Waals surface area contributed by atoms with Gasteiger partial charge < -0.3 is 34.0 Å². The number of halogens is 1. The van der Waals surface area contributed by atoms with Crippen LogP contribution < -0.4 is 24.7 Å². The van der Waals surface area contributed by atoms with Crippen LogP contribution in [0.1, 0.15) is 193 Å². The van der Waals surface area contributed by atoms with Crippen LogP contribution >= 0.6 is 39.5 Å². The molecule has 6 fully saturated rings. The highest BCUT2D eigenvalue weighted by atomic mass is 79.9. The zero-order chi connectivity index (χ0) is 66.5. The van der Waals surface area contributed by atoms with E-state index in [1.165, 1.54) is 34.5 Å². The first-order chi connectivity index (χ1) is 43.4. The number of thioether (sulfide) groups is 2. The third-order valence-electron chi connectivity index (χ3n) is 17.6. The standard InChI is InChI=1S/C15H17NO5S.C15H21NO3S.C15H17NO3S.C11H19BO2S.C10H10BrNO3.5CH4/c1-10-8-14(16(17)18)15(21-12-2-3-12)9-13(10)11-4-6-22(19,20)7-5-11;1-10-8-14(16)15(19-12-2-3-12)9-13(10)11-4-6-20(17,18)7-5-11;1-10-8-14(16(17)18)15(19-12-2-3-12)9-13(10)11-4-6-20-7-5-11;1-10(2)11(3,4)14-12(13-10)9-5-7-15-8-6-9;1-6-4-9(12(13)14)10(5-8(6)11)15-7-2-3-7;;;;;/h4,8-9,12H,2-3,5-7H2,1H3;8-9,11-12H,2-7,16H2,1H3;4,8-9,12H,2-3,5-7H2,1H3;5H,6-8H2,1-4H3;4-5,7H,2-3H2,1H3;5*1H4. The summed E-state index contributed by atoms with van der Waals surface area (Å²) in [5, 5.41) is 33.1. The summed E-state index contributed by atoms with van der Waals surface area (Å²) in [6.07, 6.45) is 18.9. The van der Waals surface area contributed by atoms with E-state index >= 15 is 0 Å². The smallest absolute Gasteiger partial charge is 0.488 e. The molecule has 2 saturated heterocycles. The summed E-state index contributed by atoms with van der Waals surface area (Å²) in [5.41, 5.74) is 16.8. The second-order valence-corrected chi connectivity index (χ2v) is 33.6. The van der Waals surface area contributed by atoms with E-state index in [2.05, 4.69) is 55.8 Å². The van der Waals surface area contributed by atoms with Crippen molar-refractivity contribution in [2.75, 3.05) is 51.8 Å². The molecule has 538 valence electrons. The van der Waals surface area contributed by atoms with Crippen LogP contribution in [0.3, 0.4) is 0 Å². The predicted octanol–water partition coefficient (Wildman–Crippen LogP) is 18.1. The topological polar surface area (TPSA) is 279 Å². The third-order valence-corrected chi connectivity index (χ3v) is 23.4. The van der Waals surface area contributed by atoms with E-state index in [1.54, 1.807) is 31.2 Å². The van der Waals surface area contributed by atoms with Gasteiger partial charge in [0.15, 0.2) is 27.1 Å². The molecule has 4 saturated carbocycles. The average Bonchev–Trinajstić information content (AvgIpc) is 1.72. The number of nitrogen functional groups attached to an aromatic ring is 1. The lowest BCUT2D eigenvalue weighted by molar-refractivity contribution is -0.386. The van der Waals surface area contributed by atoms with E-state index in [1.807, 2.05) is 62.5 Å². The van der Waals surface area contributed by atoms with Gasteiger partial charge in [-0.25, -0.2) is 16.8 Å². The molecule has 0 unspecified atom stereocenters. The number of nitrogens with two attached hydrogens (primary N) is 1. The molecule has 4 aromatic rings. The molecule has 0 atom stereocenters. The van der Waals surface area contributed by atoms with Crippen molar-refractivity contribution in [3.05, 3.63) is 146 Å². The molecule has 5 aliphatic heterocycles. The molecular formula is C71H104BBrN4O16S4. The van der Waals surface area contributed by atoms with Crippen LogP contribution in [0.4, 0.5) is 22.7 Å². The van der Waals surface area contributed by atoms with Gasteiger partial charge in [0.1, 0.15) is 15.6 Å². The normalized spacial score (nSPS) is 19.9. The Kier molecular flexibility index (Phi) is 30.8. The number of benzene rings is 4. The first-order valence-electron chi connectivity index (χ1n) is 31.5. The molecule has 0 bridgehead atoms. The average molecular weight is 1490 g/mol. The molecule has 9 aliphatic rings. The maximum atomic E-state index is 11.5. The van der Waals surface area contributed by atoms with Crippen molar-refractivity contribution in [2.24, 2.45) is 0 Å². The van der Waals surface area contributed by atoms with E-state index in [9.17, 15) is 47.2 Å². The zero-order valence-electron chi connectivity index (χ0n) is 53.6. The lowest BCUT2D eigenvalue weighted by Crippen LogP contribution is -2.41. The molecule has 5 heterocycles. The van der Waals surface area contributed by atoms with Crippen molar-refractivity contribution in [3.63, 3.8) is 0 Å². The predicted molar refractivity (Wildman–Crippen MR) is 403 cm³/mol. The lowest BCUT2D eigenvalue weighted by atomic mass is 9.76. The Balaban J connectivity index is 0.000000256. The first kappa shape index (κ1) is 83.8. The molecular weight excluding hydrogens is 1380 g/mol. The Morgan fingerprint density at radius 3 is 1.32 bits per heavy atom. The van der Waals surface area contributed by atoms with Gasteiger partial charge in [-0.2, -0.15) is 23.5 Å². The van der Waals surface area contributed by atoms with E-state index < -0.39 is 29.5 Å². The van der Waals surface area contributed by atoms with Crippen molar-refractivity contribution in [2.45, 2.75) is 218 Å². The number of sulfone groups is 2. The molecule has 0 radical (unpaired) electrons. The van der Waals surface area contributed by atoms with E-state index in [-0.39, 0.29) is 113 Å². The van der Waals surface area contributed by atoms with Gasteiger partial charge in [-0.15, -0.1) is 0 Å². The Bertz CT molecular complexity index is 3740. The summed E-state index contributed by atoms with van der Waals surface area (Å²) in [4.78, 5) is 32.0. The molecule has 13 rings (SSSR count). The number of hydrogen-bond donors (Lipinski definition) is 1. The van der Waals surface area contributed by atoms with Crippen molar-refractivity contribution >= 4 is 100 Å². The number of nitrogens with zero attached hydrogens (tertiary/aromatic N) is 3. The number of rotatable bonds is 15. The molecule has 20 nitrogen and oxygen atoms in total. The summed E-state index contributed by atoms with van der Waals surface area (Å²) in [5.74, 6) is 7.29. The highest BCUT2D eigenvalue weighted by Crippen LogP contribution is 2.44. The van der Waals surface area contributed by atoms with Gasteiger partial charge in [-0.1, -0.05) is 71.3 Å². The van der Waals surface area contributed by atoms with Gasteiger partial charge in [0.2, 0.25) is 0 Å². The number of aryl methyl sites for hydroxylation is 4. The maximum Gasteiger partial charge on any atom is 0.490 e. The fourth-order valence-electron chi connectivity index (χ4n) is 10.8. The summed E-state index contributed by atoms with van der Waals surface area (Å²) >= 11 is 7.22. The number of allylic oxidation sites excluding steroid dienone is 3. The monoisotopic (exact) mass is 1490 g/mol. The number of nitro groups is 3. The first-order valence-corrected chi connectivity index (χ1v) is 38.3. The summed E-state index contributed by atoms with van der Waals surface area (Å²) in [6.45, 7) is 16.0. The molecule has 2 N–H and O–H groups in total. The van der Waals surface area contributed by atoms with Crippen LogP contribution in [-0.2, 0) is 29.0 Å². The van der Waals surface area contributed by atoms with Crippen LogP contribution in [-0.4, -0.2) is 120 Å². The van der Waals surface area contributed by atoms with Crippen molar-refractivity contribution in [1.82, 2.24) is 0 Å². The molecule has 4 aromatic carbocycles. The highest BCUT2D eigenvalue weighted by molar-refractivity contribution is 9.10. The Hall–Kier alpha value is -5.64. The number of nitro benzene ring substituents is 3. The summed E-state index contributed by atoms with van der Waals surface area (Å²) in [6, 6.07) is 13.9. The minimum absolute atomic E-state index is 0. The van der Waals surface area contributed by atoms with E-state index in [4.69, 9.17) is 34.0 Å². The molecule has 0 aromatic heterocycles. The SMILES string of the molecule is C.C.C.C.C.CC1(C)OB(C2=CCSCC2)OC1(C)C.Cc1cc(N)c(OC2CC2)cc1C1CCS(=O)(=O)CC1.Cc1cc([N+](=O)[O-])c(OC2CC2)cc1Br.Cc1cc([N+](=O)[O-])c(OC2CC2)cc1C1=CCS(=O)(=O)CC1.Cc1cc([N+](=O)[O-])c(OC2CC2)cc1C1=CCSCC1. The molecule has 26 heteroatoms. The third kappa shape index (κ3) is 23.5. The molecule has 97 heavy (non-hydrogen) atoms. The Morgan fingerprint density at radius 2 is 0.928 bits per heavy atom. The molecule has 4 aliphatic carbocycles. The van der Waals surface area contributed by atoms with Crippen LogP contribution in [0.2, 0.25) is 0 Å². The highest BCUT2D eigenvalue weighted by Gasteiger charge is 2.52. The largest absolute Gasteiger partial charge is 0.490 e. The van der Waals surface area contributed by atoms with Crippen LogP contribution in [0.5, 0.6) is 23.0 Å². The van der Waals surface area contributed by atoms with Gasteiger partial charge in [-0.05, 0) is 236 Å². The van der Waals surface area contributed by atoms with Gasteiger partial charge >= 0.3 is 24.2 Å². The number of ether oxygens (including phenoxy) is 4. The minimum Gasteiger partial charge on any atom is -0.488 e. The van der Waals surface area contributed by atoms with Gasteiger partial charge in [0.25, 0.3) is 0 Å². The van der Waals surface area contributed by atoms with Crippen molar-refractivity contribution in [1.29, 1.82) is 0 Å². The van der Waals surface area contributed by atoms with E-state index in [0.717, 1.165) is 131 Å². The second-order valence-electron chi connectivity index (χ2n) is 25.9. The fraction of sp³-hybridized carbons (Fsp3) is 0.577.